The maximum absolute atomic E-state index is 10.6. The van der Waals surface area contributed by atoms with Gasteiger partial charge in [0.1, 0.15) is 8.78 Å². The van der Waals surface area contributed by atoms with Gasteiger partial charge in [0.05, 0.1) is 10.2 Å². The molecular formula is C9H8ClNO5S. The molecule has 0 aromatic heterocycles. The van der Waals surface area contributed by atoms with Gasteiger partial charge in [-0.2, -0.15) is 14.0 Å². The maximum Gasteiger partial charge on any atom is 0.234 e. The van der Waals surface area contributed by atoms with Crippen LogP contribution in [-0.2, 0) is 8.57 Å². The van der Waals surface area contributed by atoms with E-state index in [0.29, 0.717) is 10.6 Å². The Hall–Kier alpha value is -0.960. The van der Waals surface area contributed by atoms with Crippen molar-refractivity contribution in [2.75, 3.05) is 0 Å². The maximum atomic E-state index is 10.6. The highest BCUT2D eigenvalue weighted by molar-refractivity contribution is 8.25. The van der Waals surface area contributed by atoms with Crippen molar-refractivity contribution in [2.24, 2.45) is 5.16 Å². The van der Waals surface area contributed by atoms with E-state index in [0.717, 1.165) is 0 Å². The van der Waals surface area contributed by atoms with Crippen molar-refractivity contribution in [3.63, 3.8) is 0 Å². The van der Waals surface area contributed by atoms with Crippen LogP contribution < -0.4 is 14.0 Å². The quantitative estimate of drug-likeness (QED) is 0.634. The van der Waals surface area contributed by atoms with Gasteiger partial charge in [0, 0.05) is 5.56 Å². The zero-order valence-corrected chi connectivity index (χ0v) is 10.2. The van der Waals surface area contributed by atoms with Crippen LogP contribution in [0.1, 0.15) is 12.5 Å². The summed E-state index contributed by atoms with van der Waals surface area (Å²) in [5, 5.41) is 4.14. The Morgan fingerprint density at radius 2 is 1.88 bits per heavy atom. The summed E-state index contributed by atoms with van der Waals surface area (Å²) < 4.78 is 36.2. The lowest BCUT2D eigenvalue weighted by molar-refractivity contribution is -1.91. The second-order valence-corrected chi connectivity index (χ2v) is 5.82. The van der Waals surface area contributed by atoms with Crippen LogP contribution in [0.4, 0.5) is 0 Å². The number of benzene rings is 1. The monoisotopic (exact) mass is 277 g/mol. The first-order chi connectivity index (χ1) is 7.97. The third-order valence-electron chi connectivity index (χ3n) is 1.84. The molecule has 1 aliphatic rings. The van der Waals surface area contributed by atoms with Crippen molar-refractivity contribution in [1.82, 2.24) is 0 Å². The van der Waals surface area contributed by atoms with Crippen molar-refractivity contribution in [2.45, 2.75) is 6.92 Å². The molecule has 0 aliphatic carbocycles. The zero-order valence-electron chi connectivity index (χ0n) is 8.66. The average Bonchev–Trinajstić information content (AvgIpc) is 2.60. The predicted molar refractivity (Wildman–Crippen MR) is 53.4 cm³/mol. The molecule has 0 saturated heterocycles. The molecule has 92 valence electrons. The van der Waals surface area contributed by atoms with Crippen LogP contribution in [0.2, 0.25) is 0 Å². The van der Waals surface area contributed by atoms with Crippen molar-refractivity contribution in [1.29, 1.82) is 0 Å². The first-order valence-corrected chi connectivity index (χ1v) is 6.85. The molecule has 1 heterocycles. The van der Waals surface area contributed by atoms with Gasteiger partial charge in [-0.15, -0.1) is 0 Å². The summed E-state index contributed by atoms with van der Waals surface area (Å²) in [6.07, 6.45) is 0. The number of halogens is 1. The minimum absolute atomic E-state index is 0.218. The molecule has 0 amide bonds. The Labute approximate surface area is 102 Å². The zero-order chi connectivity index (χ0) is 12.5. The molecule has 1 aromatic rings. The minimum Gasteiger partial charge on any atom is -0.346 e. The van der Waals surface area contributed by atoms with E-state index in [1.807, 2.05) is 0 Å². The largest absolute Gasteiger partial charge is 0.346 e. The fraction of sp³-hybridized carbons (Fsp3) is 0.111. The average molecular weight is 278 g/mol. The standard InChI is InChI=1S/C9H8ClNO5S/c1-7-11-15-9(8-5-3-2-4-6-8)17(7)16-10(12,13)14/h2-6H,1H3. The highest BCUT2D eigenvalue weighted by Gasteiger charge is 2.33. The summed E-state index contributed by atoms with van der Waals surface area (Å²) in [6, 6.07) is 8.73. The van der Waals surface area contributed by atoms with Crippen molar-refractivity contribution < 1.29 is 32.8 Å². The summed E-state index contributed by atoms with van der Waals surface area (Å²) >= 11 is 0. The first-order valence-electron chi connectivity index (χ1n) is 4.46. The summed E-state index contributed by atoms with van der Waals surface area (Å²) in [5.74, 6) is 0. The number of oxime groups is 1. The number of hydrogen-bond acceptors (Lipinski definition) is 6. The molecular weight excluding hydrogens is 270 g/mol. The molecule has 6 nitrogen and oxygen atoms in total. The van der Waals surface area contributed by atoms with Crippen LogP contribution in [0.15, 0.2) is 35.5 Å². The number of nitrogens with zero attached hydrogens (tertiary/aromatic N) is 1. The first kappa shape index (κ1) is 12.5. The van der Waals surface area contributed by atoms with Crippen molar-refractivity contribution in [3.8, 4) is 0 Å². The lowest BCUT2D eigenvalue weighted by Crippen LogP contribution is -2.60. The Kier molecular flexibility index (Phi) is 3.48. The van der Waals surface area contributed by atoms with E-state index in [1.165, 1.54) is 6.92 Å². The van der Waals surface area contributed by atoms with Gasteiger partial charge in [-0.1, -0.05) is 35.5 Å². The minimum atomic E-state index is -4.52. The van der Waals surface area contributed by atoms with E-state index in [4.69, 9.17) is 4.84 Å². The molecule has 2 rings (SSSR count). The van der Waals surface area contributed by atoms with Crippen molar-refractivity contribution in [3.05, 3.63) is 35.9 Å². The van der Waals surface area contributed by atoms with Crippen molar-refractivity contribution >= 4 is 20.9 Å². The lowest BCUT2D eigenvalue weighted by Gasteiger charge is -2.12. The molecule has 0 saturated carbocycles. The molecule has 0 bridgehead atoms. The van der Waals surface area contributed by atoms with E-state index in [2.05, 4.69) is 8.89 Å². The smallest absolute Gasteiger partial charge is 0.234 e. The predicted octanol–water partition coefficient (Wildman–Crippen LogP) is -1.37. The molecule has 1 aromatic carbocycles. The highest BCUT2D eigenvalue weighted by Crippen LogP contribution is 2.30. The molecule has 0 fully saturated rings. The third kappa shape index (κ3) is 3.03. The second-order valence-electron chi connectivity index (χ2n) is 3.06. The van der Waals surface area contributed by atoms with Gasteiger partial charge < -0.3 is 4.84 Å². The van der Waals surface area contributed by atoms with Gasteiger partial charge in [0.2, 0.25) is 15.8 Å². The fourth-order valence-electron chi connectivity index (χ4n) is 1.19. The highest BCUT2D eigenvalue weighted by atomic mass is 35.7. The van der Waals surface area contributed by atoms with E-state index >= 15 is 0 Å². The van der Waals surface area contributed by atoms with Gasteiger partial charge >= 0.3 is 0 Å². The number of rotatable bonds is 3. The van der Waals surface area contributed by atoms with Crippen LogP contribution >= 0.6 is 10.8 Å². The Morgan fingerprint density at radius 3 is 2.47 bits per heavy atom. The van der Waals surface area contributed by atoms with Gasteiger partial charge in [0.15, 0.2) is 0 Å². The van der Waals surface area contributed by atoms with E-state index in [1.54, 1.807) is 30.3 Å². The third-order valence-corrected chi connectivity index (χ3v) is 4.22. The van der Waals surface area contributed by atoms with Crippen LogP contribution in [0.3, 0.4) is 0 Å². The van der Waals surface area contributed by atoms with Gasteiger partial charge in [-0.3, -0.25) is 0 Å². The summed E-state index contributed by atoms with van der Waals surface area (Å²) in [6.45, 7) is 1.53. The summed E-state index contributed by atoms with van der Waals surface area (Å²) in [7, 11) is -5.92. The van der Waals surface area contributed by atoms with E-state index in [9.17, 15) is 14.0 Å². The van der Waals surface area contributed by atoms with Crippen LogP contribution in [0, 0.1) is 10.2 Å². The summed E-state index contributed by atoms with van der Waals surface area (Å²) in [4.78, 5) is 4.99. The second kappa shape index (κ2) is 4.73. The van der Waals surface area contributed by atoms with Gasteiger partial charge in [0.25, 0.3) is 0 Å². The molecule has 8 heteroatoms. The molecule has 1 atom stereocenters. The molecule has 1 aliphatic heterocycles. The SMILES string of the molecule is CC1=NOC(c2ccccc2)=S1O[Cl+3]([O-])([O-])[O-]. The van der Waals surface area contributed by atoms with Gasteiger partial charge in [-0.05, 0) is 6.92 Å². The van der Waals surface area contributed by atoms with Crippen LogP contribution in [0.25, 0.3) is 0 Å². The van der Waals surface area contributed by atoms with Crippen LogP contribution in [0.5, 0.6) is 0 Å². The molecule has 0 spiro atoms. The summed E-state index contributed by atoms with van der Waals surface area (Å²) in [5.41, 5.74) is 0.621. The Balaban J connectivity index is 2.38. The van der Waals surface area contributed by atoms with E-state index in [-0.39, 0.29) is 5.05 Å². The topological polar surface area (TPSA) is 100 Å². The van der Waals surface area contributed by atoms with Crippen LogP contribution in [-0.4, -0.2) is 10.1 Å². The Bertz CT molecular complexity index is 482. The molecule has 0 radical (unpaired) electrons. The van der Waals surface area contributed by atoms with E-state index < -0.39 is 21.0 Å². The normalized spacial score (nSPS) is 20.1. The lowest BCUT2D eigenvalue weighted by atomic mass is 10.2. The molecule has 17 heavy (non-hydrogen) atoms. The fourth-order valence-corrected chi connectivity index (χ4v) is 3.23. The van der Waals surface area contributed by atoms with Gasteiger partial charge in [-0.25, -0.2) is 0 Å². The Morgan fingerprint density at radius 1 is 1.24 bits per heavy atom. The molecule has 0 N–H and O–H groups in total. The number of hydrogen-bond donors (Lipinski definition) is 0. The molecule has 1 unspecified atom stereocenters.